The van der Waals surface area contributed by atoms with E-state index in [0.717, 1.165) is 16.0 Å². The first-order chi connectivity index (χ1) is 18.8. The van der Waals surface area contributed by atoms with Gasteiger partial charge in [0, 0.05) is 17.0 Å². The summed E-state index contributed by atoms with van der Waals surface area (Å²) in [4.78, 5) is 33.1. The summed E-state index contributed by atoms with van der Waals surface area (Å²) in [5, 5.41) is 12.4. The molecule has 2 aliphatic heterocycles. The molecule has 3 heterocycles. The van der Waals surface area contributed by atoms with Gasteiger partial charge < -0.3 is 14.6 Å². The Kier molecular flexibility index (Phi) is 6.37. The van der Waals surface area contributed by atoms with E-state index < -0.39 is 17.7 Å². The highest BCUT2D eigenvalue weighted by atomic mass is 35.5. The molecule has 6 rings (SSSR count). The highest BCUT2D eigenvalue weighted by Crippen LogP contribution is 2.45. The number of hydrogen-bond acceptors (Lipinski definition) is 7. The molecule has 4 aromatic rings. The largest absolute Gasteiger partial charge is 0.507 e. The van der Waals surface area contributed by atoms with Gasteiger partial charge in [0.05, 0.1) is 21.8 Å². The molecule has 196 valence electrons. The van der Waals surface area contributed by atoms with E-state index in [0.29, 0.717) is 45.6 Å². The standard InChI is InChI=1S/C30H23ClN2O5S/c1-3-12-37-21-8-4-17(5-9-21)26-25(27(34)18-6-11-23-19(14-18)13-16(2)38-23)28(35)29(36)33(26)30-32-22-10-7-20(31)15-24(22)39-30/h3-11,14-16,26,34H,1,12-13H2,2H3/b27-25+/t16-,26-/m0/s1. The summed E-state index contributed by atoms with van der Waals surface area (Å²) < 4.78 is 12.2. The molecule has 2 aliphatic rings. The number of ether oxygens (including phenoxy) is 2. The molecule has 2 atom stereocenters. The third kappa shape index (κ3) is 4.45. The fraction of sp³-hybridized carbons (Fsp3) is 0.167. The lowest BCUT2D eigenvalue weighted by Crippen LogP contribution is -2.29. The number of carbonyl (C=O) groups excluding carboxylic acids is 2. The molecule has 0 unspecified atom stereocenters. The van der Waals surface area contributed by atoms with Crippen LogP contribution in [0.15, 0.2) is 78.9 Å². The molecule has 1 N–H and O–H groups in total. The van der Waals surface area contributed by atoms with Crippen molar-refractivity contribution in [1.29, 1.82) is 0 Å². The number of ketones is 1. The normalized spacial score (nSPS) is 19.8. The number of rotatable bonds is 6. The summed E-state index contributed by atoms with van der Waals surface area (Å²) >= 11 is 7.43. The number of Topliss-reactive ketones (excluding diaryl/α,β-unsaturated/α-hetero) is 1. The van der Waals surface area contributed by atoms with Crippen molar-refractivity contribution in [2.45, 2.75) is 25.5 Å². The zero-order chi connectivity index (χ0) is 27.3. The Labute approximate surface area is 233 Å². The van der Waals surface area contributed by atoms with Crippen molar-refractivity contribution in [3.63, 3.8) is 0 Å². The van der Waals surface area contributed by atoms with Gasteiger partial charge in [-0.15, -0.1) is 0 Å². The number of nitrogens with zero attached hydrogens (tertiary/aromatic N) is 2. The second-order valence-electron chi connectivity index (χ2n) is 9.40. The summed E-state index contributed by atoms with van der Waals surface area (Å²) in [6.45, 7) is 5.97. The molecule has 0 saturated carbocycles. The highest BCUT2D eigenvalue weighted by Gasteiger charge is 2.48. The minimum atomic E-state index is -0.905. The monoisotopic (exact) mass is 558 g/mol. The fourth-order valence-electron chi connectivity index (χ4n) is 4.96. The van der Waals surface area contributed by atoms with Crippen LogP contribution in [0.2, 0.25) is 5.02 Å². The van der Waals surface area contributed by atoms with Crippen molar-refractivity contribution in [3.05, 3.63) is 101 Å². The van der Waals surface area contributed by atoms with Crippen molar-refractivity contribution in [2.24, 2.45) is 0 Å². The number of amides is 1. The van der Waals surface area contributed by atoms with Crippen LogP contribution in [0.5, 0.6) is 11.5 Å². The van der Waals surface area contributed by atoms with Crippen LogP contribution in [-0.4, -0.2) is 34.5 Å². The van der Waals surface area contributed by atoms with E-state index in [9.17, 15) is 14.7 Å². The number of benzene rings is 3. The van der Waals surface area contributed by atoms with E-state index in [2.05, 4.69) is 11.6 Å². The van der Waals surface area contributed by atoms with Crippen molar-refractivity contribution < 1.29 is 24.2 Å². The second-order valence-corrected chi connectivity index (χ2v) is 10.8. The Balaban J connectivity index is 1.50. The van der Waals surface area contributed by atoms with Gasteiger partial charge in [-0.3, -0.25) is 14.5 Å². The Bertz CT molecular complexity index is 1680. The molecule has 0 radical (unpaired) electrons. The molecule has 1 aromatic heterocycles. The van der Waals surface area contributed by atoms with Crippen LogP contribution in [0, 0.1) is 0 Å². The van der Waals surface area contributed by atoms with Crippen molar-refractivity contribution in [3.8, 4) is 11.5 Å². The van der Waals surface area contributed by atoms with Gasteiger partial charge in [0.2, 0.25) is 0 Å². The third-order valence-electron chi connectivity index (χ3n) is 6.72. The maximum atomic E-state index is 13.5. The minimum Gasteiger partial charge on any atom is -0.507 e. The maximum Gasteiger partial charge on any atom is 0.301 e. The first kappa shape index (κ1) is 25.2. The van der Waals surface area contributed by atoms with Gasteiger partial charge in [-0.05, 0) is 66.6 Å². The Morgan fingerprint density at radius 3 is 2.77 bits per heavy atom. The summed E-state index contributed by atoms with van der Waals surface area (Å²) in [6, 6.07) is 16.7. The van der Waals surface area contributed by atoms with Crippen LogP contribution < -0.4 is 14.4 Å². The summed E-state index contributed by atoms with van der Waals surface area (Å²) in [6.07, 6.45) is 2.36. The number of halogens is 1. The number of anilines is 1. The summed E-state index contributed by atoms with van der Waals surface area (Å²) in [7, 11) is 0. The minimum absolute atomic E-state index is 0.0102. The van der Waals surface area contributed by atoms with Crippen LogP contribution >= 0.6 is 22.9 Å². The number of carbonyl (C=O) groups is 2. The molecule has 0 spiro atoms. The van der Waals surface area contributed by atoms with Crippen molar-refractivity contribution in [2.75, 3.05) is 11.5 Å². The van der Waals surface area contributed by atoms with Gasteiger partial charge in [0.1, 0.15) is 30.0 Å². The van der Waals surface area contributed by atoms with Gasteiger partial charge in [0.15, 0.2) is 5.13 Å². The summed E-state index contributed by atoms with van der Waals surface area (Å²) in [5.74, 6) is -0.444. The summed E-state index contributed by atoms with van der Waals surface area (Å²) in [5.41, 5.74) is 2.64. The molecule has 9 heteroatoms. The molecule has 3 aromatic carbocycles. The maximum absolute atomic E-state index is 13.5. The van der Waals surface area contributed by atoms with E-state index in [1.54, 1.807) is 60.7 Å². The molecule has 7 nitrogen and oxygen atoms in total. The Morgan fingerprint density at radius 1 is 1.21 bits per heavy atom. The molecular weight excluding hydrogens is 536 g/mol. The first-order valence-electron chi connectivity index (χ1n) is 12.3. The lowest BCUT2D eigenvalue weighted by atomic mass is 9.94. The van der Waals surface area contributed by atoms with E-state index in [4.69, 9.17) is 21.1 Å². The van der Waals surface area contributed by atoms with Crippen LogP contribution in [0.4, 0.5) is 5.13 Å². The average molecular weight is 559 g/mol. The van der Waals surface area contributed by atoms with Crippen LogP contribution in [0.25, 0.3) is 16.0 Å². The smallest absolute Gasteiger partial charge is 0.301 e. The molecule has 0 aliphatic carbocycles. The molecule has 1 saturated heterocycles. The van der Waals surface area contributed by atoms with E-state index in [1.165, 1.54) is 16.2 Å². The van der Waals surface area contributed by atoms with Crippen molar-refractivity contribution >= 4 is 55.7 Å². The third-order valence-corrected chi connectivity index (χ3v) is 7.98. The zero-order valence-corrected chi connectivity index (χ0v) is 22.5. The number of aliphatic hydroxyl groups excluding tert-OH is 1. The topological polar surface area (TPSA) is 89.0 Å². The van der Waals surface area contributed by atoms with Gasteiger partial charge in [-0.25, -0.2) is 4.98 Å². The van der Waals surface area contributed by atoms with Crippen molar-refractivity contribution in [1.82, 2.24) is 4.98 Å². The van der Waals surface area contributed by atoms with E-state index in [-0.39, 0.29) is 17.4 Å². The number of fused-ring (bicyclic) bond motifs is 2. The van der Waals surface area contributed by atoms with E-state index in [1.807, 2.05) is 13.0 Å². The quantitative estimate of drug-likeness (QED) is 0.126. The zero-order valence-electron chi connectivity index (χ0n) is 20.9. The van der Waals surface area contributed by atoms with Gasteiger partial charge in [0.25, 0.3) is 5.78 Å². The number of thiazole rings is 1. The number of aliphatic hydroxyl groups is 1. The lowest BCUT2D eigenvalue weighted by Gasteiger charge is -2.23. The number of aromatic nitrogens is 1. The molecule has 1 fully saturated rings. The molecule has 1 amide bonds. The van der Waals surface area contributed by atoms with Crippen LogP contribution in [0.3, 0.4) is 0 Å². The average Bonchev–Trinajstić information content (AvgIpc) is 3.59. The second kappa shape index (κ2) is 9.87. The SMILES string of the molecule is C=CCOc1ccc([C@H]2/C(=C(\O)c3ccc4c(c3)C[C@H](C)O4)C(=O)C(=O)N2c2nc3ccc(Cl)cc3s2)cc1. The van der Waals surface area contributed by atoms with Gasteiger partial charge in [-0.1, -0.05) is 47.7 Å². The van der Waals surface area contributed by atoms with Gasteiger partial charge >= 0.3 is 5.91 Å². The Morgan fingerprint density at radius 2 is 2.00 bits per heavy atom. The Hall–Kier alpha value is -4.14. The van der Waals surface area contributed by atoms with Crippen LogP contribution in [-0.2, 0) is 16.0 Å². The van der Waals surface area contributed by atoms with Crippen LogP contribution in [0.1, 0.15) is 29.7 Å². The predicted molar refractivity (Wildman–Crippen MR) is 152 cm³/mol. The fourth-order valence-corrected chi connectivity index (χ4v) is 6.23. The lowest BCUT2D eigenvalue weighted by molar-refractivity contribution is -0.132. The highest BCUT2D eigenvalue weighted by molar-refractivity contribution is 7.22. The number of hydrogen-bond donors (Lipinski definition) is 1. The molecule has 0 bridgehead atoms. The molecular formula is C30H23ClN2O5S. The molecule has 39 heavy (non-hydrogen) atoms. The van der Waals surface area contributed by atoms with Gasteiger partial charge in [-0.2, -0.15) is 0 Å². The predicted octanol–water partition coefficient (Wildman–Crippen LogP) is 6.46. The van der Waals surface area contributed by atoms with E-state index >= 15 is 0 Å². The first-order valence-corrected chi connectivity index (χ1v) is 13.5.